The SMILES string of the molecule is CSCC(=O)NCCSC(=O)CCNC(=O)c1ccc(NC(=O)C(=O)O)cc1. The van der Waals surface area contributed by atoms with Gasteiger partial charge in [0.1, 0.15) is 0 Å². The predicted octanol–water partition coefficient (Wildman–Crippen LogP) is 0.569. The van der Waals surface area contributed by atoms with Crippen molar-refractivity contribution in [3.05, 3.63) is 29.8 Å². The Morgan fingerprint density at radius 1 is 1.00 bits per heavy atom. The van der Waals surface area contributed by atoms with Crippen LogP contribution in [0.5, 0.6) is 0 Å². The van der Waals surface area contributed by atoms with Gasteiger partial charge in [-0.15, -0.1) is 0 Å². The minimum Gasteiger partial charge on any atom is -0.474 e. The summed E-state index contributed by atoms with van der Waals surface area (Å²) in [6.07, 6.45) is 1.99. The first-order valence-corrected chi connectivity index (χ1v) is 10.5. The van der Waals surface area contributed by atoms with Gasteiger partial charge >= 0.3 is 11.9 Å². The Morgan fingerprint density at radius 3 is 2.29 bits per heavy atom. The van der Waals surface area contributed by atoms with E-state index in [-0.39, 0.29) is 29.7 Å². The van der Waals surface area contributed by atoms with Crippen LogP contribution in [0.25, 0.3) is 0 Å². The highest BCUT2D eigenvalue weighted by Crippen LogP contribution is 2.10. The number of carboxylic acid groups (broad SMARTS) is 1. The molecule has 11 heteroatoms. The van der Waals surface area contributed by atoms with Crippen LogP contribution >= 0.6 is 23.5 Å². The maximum Gasteiger partial charge on any atom is 0.394 e. The molecule has 0 saturated carbocycles. The first-order valence-electron chi connectivity index (χ1n) is 8.17. The quantitative estimate of drug-likeness (QED) is 0.314. The number of carboxylic acids is 1. The van der Waals surface area contributed by atoms with Crippen LogP contribution in [0.1, 0.15) is 16.8 Å². The second kappa shape index (κ2) is 12.8. The minimum absolute atomic E-state index is 0.0682. The third kappa shape index (κ3) is 9.42. The topological polar surface area (TPSA) is 142 Å². The van der Waals surface area contributed by atoms with Crippen molar-refractivity contribution in [2.45, 2.75) is 6.42 Å². The summed E-state index contributed by atoms with van der Waals surface area (Å²) in [6.45, 7) is 0.577. The number of hydrogen-bond donors (Lipinski definition) is 4. The maximum absolute atomic E-state index is 12.0. The van der Waals surface area contributed by atoms with E-state index in [2.05, 4.69) is 16.0 Å². The second-order valence-electron chi connectivity index (χ2n) is 5.35. The fourth-order valence-electron chi connectivity index (χ4n) is 1.88. The summed E-state index contributed by atoms with van der Waals surface area (Å²) < 4.78 is 0. The third-order valence-corrected chi connectivity index (χ3v) is 4.66. The molecule has 0 heterocycles. The van der Waals surface area contributed by atoms with Gasteiger partial charge in [-0.25, -0.2) is 4.79 Å². The molecular formula is C17H21N3O6S2. The molecule has 0 radical (unpaired) electrons. The van der Waals surface area contributed by atoms with E-state index in [0.29, 0.717) is 23.6 Å². The molecule has 0 fully saturated rings. The summed E-state index contributed by atoms with van der Waals surface area (Å²) >= 11 is 2.52. The first-order chi connectivity index (χ1) is 13.3. The number of hydrogen-bond acceptors (Lipinski definition) is 7. The molecule has 9 nitrogen and oxygen atoms in total. The summed E-state index contributed by atoms with van der Waals surface area (Å²) in [6, 6.07) is 5.67. The summed E-state index contributed by atoms with van der Waals surface area (Å²) in [5.74, 6) is -2.38. The molecule has 3 amide bonds. The lowest BCUT2D eigenvalue weighted by molar-refractivity contribution is -0.147. The van der Waals surface area contributed by atoms with Crippen molar-refractivity contribution in [2.24, 2.45) is 0 Å². The van der Waals surface area contributed by atoms with Crippen molar-refractivity contribution >= 4 is 58.0 Å². The molecule has 0 bridgehead atoms. The predicted molar refractivity (Wildman–Crippen MR) is 109 cm³/mol. The van der Waals surface area contributed by atoms with Crippen LogP contribution in [0.3, 0.4) is 0 Å². The highest BCUT2D eigenvalue weighted by Gasteiger charge is 2.12. The lowest BCUT2D eigenvalue weighted by atomic mass is 10.2. The zero-order valence-corrected chi connectivity index (χ0v) is 16.8. The minimum atomic E-state index is -1.60. The van der Waals surface area contributed by atoms with Gasteiger partial charge in [0.25, 0.3) is 5.91 Å². The Kier molecular flexibility index (Phi) is 10.7. The van der Waals surface area contributed by atoms with Gasteiger partial charge in [0.2, 0.25) is 5.91 Å². The molecule has 1 aromatic carbocycles. The molecule has 1 aromatic rings. The van der Waals surface area contributed by atoms with E-state index in [4.69, 9.17) is 5.11 Å². The van der Waals surface area contributed by atoms with Crippen molar-refractivity contribution < 1.29 is 29.1 Å². The van der Waals surface area contributed by atoms with E-state index < -0.39 is 17.8 Å². The van der Waals surface area contributed by atoms with E-state index in [9.17, 15) is 24.0 Å². The van der Waals surface area contributed by atoms with Gasteiger partial charge in [-0.3, -0.25) is 19.2 Å². The van der Waals surface area contributed by atoms with E-state index in [1.165, 1.54) is 36.0 Å². The lowest BCUT2D eigenvalue weighted by Gasteiger charge is -2.07. The highest BCUT2D eigenvalue weighted by atomic mass is 32.2. The number of carbonyl (C=O) groups excluding carboxylic acids is 4. The lowest BCUT2D eigenvalue weighted by Crippen LogP contribution is -2.28. The number of anilines is 1. The standard InChI is InChI=1S/C17H21N3O6S2/c1-27-10-13(21)18-8-9-28-14(22)6-7-19-15(23)11-2-4-12(5-3-11)20-16(24)17(25)26/h2-5H,6-10H2,1H3,(H,18,21)(H,19,23)(H,20,24)(H,25,26). The Labute approximate surface area is 170 Å². The Balaban J connectivity index is 2.27. The Hall–Kier alpha value is -2.53. The monoisotopic (exact) mass is 427 g/mol. The summed E-state index contributed by atoms with van der Waals surface area (Å²) in [5.41, 5.74) is 0.560. The van der Waals surface area contributed by atoms with Crippen molar-refractivity contribution in [2.75, 3.05) is 36.2 Å². The van der Waals surface area contributed by atoms with Gasteiger partial charge in [-0.05, 0) is 30.5 Å². The Bertz CT molecular complexity index is 724. The highest BCUT2D eigenvalue weighted by molar-refractivity contribution is 8.13. The van der Waals surface area contributed by atoms with Crippen molar-refractivity contribution in [1.82, 2.24) is 10.6 Å². The molecule has 0 unspecified atom stereocenters. The van der Waals surface area contributed by atoms with E-state index >= 15 is 0 Å². The van der Waals surface area contributed by atoms with Crippen molar-refractivity contribution in [1.29, 1.82) is 0 Å². The molecule has 4 N–H and O–H groups in total. The molecule has 0 aliphatic carbocycles. The summed E-state index contributed by atoms with van der Waals surface area (Å²) in [5, 5.41) is 15.9. The normalized spacial score (nSPS) is 10.0. The largest absolute Gasteiger partial charge is 0.474 e. The van der Waals surface area contributed by atoms with E-state index in [0.717, 1.165) is 11.8 Å². The zero-order chi connectivity index (χ0) is 20.9. The molecule has 0 spiro atoms. The number of amides is 3. The van der Waals surface area contributed by atoms with E-state index in [1.807, 2.05) is 6.26 Å². The van der Waals surface area contributed by atoms with Crippen LogP contribution in [0.15, 0.2) is 24.3 Å². The third-order valence-electron chi connectivity index (χ3n) is 3.18. The molecule has 1 rings (SSSR count). The van der Waals surface area contributed by atoms with Gasteiger partial charge in [0, 0.05) is 36.5 Å². The van der Waals surface area contributed by atoms with Crippen LogP contribution in [0, 0.1) is 0 Å². The molecule has 0 aliphatic heterocycles. The number of nitrogens with one attached hydrogen (secondary N) is 3. The molecule has 0 aliphatic rings. The van der Waals surface area contributed by atoms with E-state index in [1.54, 1.807) is 0 Å². The second-order valence-corrected chi connectivity index (χ2v) is 7.36. The van der Waals surface area contributed by atoms with Gasteiger partial charge in [0.05, 0.1) is 5.75 Å². The maximum atomic E-state index is 12.0. The fraction of sp³-hybridized carbons (Fsp3) is 0.353. The average molecular weight is 428 g/mol. The number of rotatable bonds is 10. The van der Waals surface area contributed by atoms with Crippen LogP contribution in [-0.2, 0) is 19.2 Å². The van der Waals surface area contributed by atoms with Crippen molar-refractivity contribution in [3.8, 4) is 0 Å². The smallest absolute Gasteiger partial charge is 0.394 e. The Morgan fingerprint density at radius 2 is 1.68 bits per heavy atom. The van der Waals surface area contributed by atoms with Gasteiger partial charge < -0.3 is 21.1 Å². The number of carbonyl (C=O) groups is 5. The zero-order valence-electron chi connectivity index (χ0n) is 15.1. The molecule has 152 valence electrons. The average Bonchev–Trinajstić information content (AvgIpc) is 2.66. The molecule has 0 atom stereocenters. The van der Waals surface area contributed by atoms with Crippen LogP contribution < -0.4 is 16.0 Å². The fourth-order valence-corrected chi connectivity index (χ4v) is 2.92. The van der Waals surface area contributed by atoms with Gasteiger partial charge in [-0.1, -0.05) is 11.8 Å². The number of aliphatic carboxylic acids is 1. The first kappa shape index (κ1) is 23.5. The molecule has 0 saturated heterocycles. The van der Waals surface area contributed by atoms with Gasteiger partial charge in [-0.2, -0.15) is 11.8 Å². The molecule has 0 aromatic heterocycles. The number of thioether (sulfide) groups is 2. The molecule has 28 heavy (non-hydrogen) atoms. The summed E-state index contributed by atoms with van der Waals surface area (Å²) in [4.78, 5) is 56.5. The molecular weight excluding hydrogens is 406 g/mol. The number of benzene rings is 1. The van der Waals surface area contributed by atoms with Gasteiger partial charge in [0.15, 0.2) is 5.12 Å². The van der Waals surface area contributed by atoms with Crippen LogP contribution in [0.4, 0.5) is 5.69 Å². The summed E-state index contributed by atoms with van der Waals surface area (Å²) in [7, 11) is 0. The van der Waals surface area contributed by atoms with Crippen LogP contribution in [-0.4, -0.2) is 64.8 Å². The van der Waals surface area contributed by atoms with Crippen molar-refractivity contribution in [3.63, 3.8) is 0 Å². The van der Waals surface area contributed by atoms with Crippen LogP contribution in [0.2, 0.25) is 0 Å².